The highest BCUT2D eigenvalue weighted by molar-refractivity contribution is 7.53. The molecule has 0 aromatic heterocycles. The molecule has 0 heterocycles. The Labute approximate surface area is 137 Å². The minimum atomic E-state index is -3.19. The average Bonchev–Trinajstić information content (AvgIpc) is 2.61. The van der Waals surface area contributed by atoms with Crippen molar-refractivity contribution < 1.29 is 18.7 Å². The van der Waals surface area contributed by atoms with Crippen LogP contribution >= 0.6 is 7.60 Å². The Hall–Kier alpha value is -1.45. The van der Waals surface area contributed by atoms with Crippen molar-refractivity contribution in [1.82, 2.24) is 0 Å². The van der Waals surface area contributed by atoms with Gasteiger partial charge in [0, 0.05) is 6.61 Å². The second-order valence-corrected chi connectivity index (χ2v) is 7.47. The zero-order valence-corrected chi connectivity index (χ0v) is 14.0. The van der Waals surface area contributed by atoms with Crippen molar-refractivity contribution in [3.8, 4) is 0 Å². The summed E-state index contributed by atoms with van der Waals surface area (Å²) in [5.41, 5.74) is 1.91. The minimum absolute atomic E-state index is 0.0807. The van der Waals surface area contributed by atoms with Gasteiger partial charge in [0.2, 0.25) is 0 Å². The largest absolute Gasteiger partial charge is 0.396 e. The molecule has 124 valence electrons. The van der Waals surface area contributed by atoms with Crippen molar-refractivity contribution in [2.45, 2.75) is 26.1 Å². The van der Waals surface area contributed by atoms with Crippen molar-refractivity contribution in [2.75, 3.05) is 12.8 Å². The first-order valence-electron chi connectivity index (χ1n) is 7.79. The molecule has 1 N–H and O–H groups in total. The first kappa shape index (κ1) is 17.9. The molecule has 5 heteroatoms. The summed E-state index contributed by atoms with van der Waals surface area (Å²) in [4.78, 5) is 0. The SMILES string of the molecule is O=P(CCCCO)(OCc1ccccc1)OCc1ccccc1. The topological polar surface area (TPSA) is 55.8 Å². The minimum Gasteiger partial charge on any atom is -0.396 e. The third-order valence-corrected chi connectivity index (χ3v) is 5.29. The number of hydrogen-bond donors (Lipinski definition) is 1. The molecule has 0 aliphatic heterocycles. The monoisotopic (exact) mass is 334 g/mol. The van der Waals surface area contributed by atoms with Gasteiger partial charge < -0.3 is 14.2 Å². The van der Waals surface area contributed by atoms with E-state index in [0.29, 0.717) is 19.0 Å². The first-order valence-corrected chi connectivity index (χ1v) is 9.51. The van der Waals surface area contributed by atoms with E-state index in [9.17, 15) is 4.57 Å². The third kappa shape index (κ3) is 6.67. The standard InChI is InChI=1S/C18H23O4P/c19-13-7-8-14-23(20,21-15-17-9-3-1-4-10-17)22-16-18-11-5-2-6-12-18/h1-6,9-12,19H,7-8,13-16H2. The fourth-order valence-electron chi connectivity index (χ4n) is 2.08. The molecule has 23 heavy (non-hydrogen) atoms. The highest BCUT2D eigenvalue weighted by atomic mass is 31.2. The zero-order chi connectivity index (χ0) is 16.4. The first-order chi connectivity index (χ1) is 11.2. The Morgan fingerprint density at radius 3 is 1.70 bits per heavy atom. The van der Waals surface area contributed by atoms with E-state index in [4.69, 9.17) is 14.2 Å². The van der Waals surface area contributed by atoms with Gasteiger partial charge in [0.1, 0.15) is 0 Å². The lowest BCUT2D eigenvalue weighted by Crippen LogP contribution is -2.02. The molecule has 0 spiro atoms. The number of unbranched alkanes of at least 4 members (excludes halogenated alkanes) is 1. The maximum Gasteiger partial charge on any atom is 0.331 e. The molecule has 0 radical (unpaired) electrons. The van der Waals surface area contributed by atoms with Crippen molar-refractivity contribution >= 4 is 7.60 Å². The van der Waals surface area contributed by atoms with Crippen LogP contribution in [0.2, 0.25) is 0 Å². The molecule has 0 aliphatic carbocycles. The van der Waals surface area contributed by atoms with Crippen molar-refractivity contribution in [1.29, 1.82) is 0 Å². The van der Waals surface area contributed by atoms with Crippen LogP contribution in [-0.2, 0) is 26.8 Å². The molecule has 0 amide bonds. The number of benzene rings is 2. The molecular weight excluding hydrogens is 311 g/mol. The van der Waals surface area contributed by atoms with E-state index >= 15 is 0 Å². The Morgan fingerprint density at radius 2 is 1.26 bits per heavy atom. The van der Waals surface area contributed by atoms with Gasteiger partial charge in [-0.05, 0) is 24.0 Å². The molecule has 4 nitrogen and oxygen atoms in total. The van der Waals surface area contributed by atoms with E-state index in [-0.39, 0.29) is 19.8 Å². The summed E-state index contributed by atoms with van der Waals surface area (Å²) in [7, 11) is -3.19. The lowest BCUT2D eigenvalue weighted by atomic mass is 10.2. The van der Waals surface area contributed by atoms with Crippen molar-refractivity contribution in [3.05, 3.63) is 71.8 Å². The summed E-state index contributed by atoms with van der Waals surface area (Å²) < 4.78 is 24.2. The van der Waals surface area contributed by atoms with Crippen LogP contribution in [0.3, 0.4) is 0 Å². The maximum atomic E-state index is 12.9. The van der Waals surface area contributed by atoms with E-state index in [2.05, 4.69) is 0 Å². The van der Waals surface area contributed by atoms with Crippen LogP contribution in [0.25, 0.3) is 0 Å². The molecule has 2 aromatic rings. The lowest BCUT2D eigenvalue weighted by molar-refractivity contribution is 0.190. The van der Waals surface area contributed by atoms with Gasteiger partial charge in [0.15, 0.2) is 0 Å². The van der Waals surface area contributed by atoms with Crippen LogP contribution in [0, 0.1) is 0 Å². The van der Waals surface area contributed by atoms with E-state index < -0.39 is 7.60 Å². The van der Waals surface area contributed by atoms with Crippen LogP contribution in [0.4, 0.5) is 0 Å². The van der Waals surface area contributed by atoms with Crippen LogP contribution in [0.1, 0.15) is 24.0 Å². The van der Waals surface area contributed by atoms with Crippen LogP contribution in [0.5, 0.6) is 0 Å². The van der Waals surface area contributed by atoms with Gasteiger partial charge in [0.05, 0.1) is 19.4 Å². The molecule has 0 saturated carbocycles. The van der Waals surface area contributed by atoms with Gasteiger partial charge in [-0.25, -0.2) is 0 Å². The predicted molar refractivity (Wildman–Crippen MR) is 91.3 cm³/mol. The summed E-state index contributed by atoms with van der Waals surface area (Å²) in [5.74, 6) is 0. The molecular formula is C18H23O4P. The van der Waals surface area contributed by atoms with Crippen LogP contribution in [0.15, 0.2) is 60.7 Å². The van der Waals surface area contributed by atoms with Crippen molar-refractivity contribution in [3.63, 3.8) is 0 Å². The molecule has 2 rings (SSSR count). The number of rotatable bonds is 10. The second kappa shape index (κ2) is 9.64. The molecule has 0 saturated heterocycles. The highest BCUT2D eigenvalue weighted by Crippen LogP contribution is 2.50. The summed E-state index contributed by atoms with van der Waals surface area (Å²) in [5, 5.41) is 8.91. The van der Waals surface area contributed by atoms with Crippen molar-refractivity contribution in [2.24, 2.45) is 0 Å². The molecule has 0 fully saturated rings. The molecule has 0 bridgehead atoms. The normalized spacial score (nSPS) is 11.5. The van der Waals surface area contributed by atoms with E-state index in [0.717, 1.165) is 11.1 Å². The molecule has 2 aromatic carbocycles. The average molecular weight is 334 g/mol. The summed E-state index contributed by atoms with van der Waals surface area (Å²) in [6.07, 6.45) is 1.51. The Bertz CT molecular complexity index is 553. The Morgan fingerprint density at radius 1 is 0.783 bits per heavy atom. The van der Waals surface area contributed by atoms with Gasteiger partial charge in [-0.2, -0.15) is 0 Å². The van der Waals surface area contributed by atoms with Gasteiger partial charge in [-0.1, -0.05) is 60.7 Å². The number of aliphatic hydroxyl groups excluding tert-OH is 1. The fraction of sp³-hybridized carbons (Fsp3) is 0.333. The smallest absolute Gasteiger partial charge is 0.331 e. The lowest BCUT2D eigenvalue weighted by Gasteiger charge is -2.19. The van der Waals surface area contributed by atoms with Gasteiger partial charge in [-0.15, -0.1) is 0 Å². The molecule has 0 atom stereocenters. The number of hydrogen-bond acceptors (Lipinski definition) is 4. The van der Waals surface area contributed by atoms with E-state index in [1.54, 1.807) is 0 Å². The Balaban J connectivity index is 1.94. The maximum absolute atomic E-state index is 12.9. The summed E-state index contributed by atoms with van der Waals surface area (Å²) >= 11 is 0. The molecule has 0 aliphatic rings. The predicted octanol–water partition coefficient (Wildman–Crippen LogP) is 4.39. The van der Waals surface area contributed by atoms with Gasteiger partial charge >= 0.3 is 7.60 Å². The molecule has 0 unspecified atom stereocenters. The summed E-state index contributed by atoms with van der Waals surface area (Å²) in [6, 6.07) is 19.2. The highest BCUT2D eigenvalue weighted by Gasteiger charge is 2.24. The second-order valence-electron chi connectivity index (χ2n) is 5.28. The Kier molecular flexibility index (Phi) is 7.50. The quantitative estimate of drug-likeness (QED) is 0.517. The number of aliphatic hydroxyl groups is 1. The summed E-state index contributed by atoms with van der Waals surface area (Å²) in [6.45, 7) is 0.593. The van der Waals surface area contributed by atoms with Gasteiger partial charge in [-0.3, -0.25) is 4.57 Å². The third-order valence-electron chi connectivity index (χ3n) is 3.38. The van der Waals surface area contributed by atoms with E-state index in [1.165, 1.54) is 0 Å². The fourth-order valence-corrected chi connectivity index (χ4v) is 3.71. The van der Waals surface area contributed by atoms with E-state index in [1.807, 2.05) is 60.7 Å². The van der Waals surface area contributed by atoms with Crippen LogP contribution in [-0.4, -0.2) is 17.9 Å². The zero-order valence-electron chi connectivity index (χ0n) is 13.1. The van der Waals surface area contributed by atoms with Gasteiger partial charge in [0.25, 0.3) is 0 Å². The van der Waals surface area contributed by atoms with Crippen LogP contribution < -0.4 is 0 Å².